The SMILES string of the molecule is FC(F)(F)c1ccc(Nc2ccc(N3CC4CC(C3)N4)nn2)cc1. The molecule has 1 aromatic carbocycles. The van der Waals surface area contributed by atoms with Crippen molar-refractivity contribution in [3.8, 4) is 0 Å². The Balaban J connectivity index is 1.42. The summed E-state index contributed by atoms with van der Waals surface area (Å²) in [6, 6.07) is 9.57. The number of hydrogen-bond acceptors (Lipinski definition) is 5. The summed E-state index contributed by atoms with van der Waals surface area (Å²) in [6.07, 6.45) is -3.11. The second-order valence-electron chi connectivity index (χ2n) is 6.18. The van der Waals surface area contributed by atoms with Gasteiger partial charge in [0, 0.05) is 30.9 Å². The molecular formula is C16H16F3N5. The molecule has 5 nitrogen and oxygen atoms in total. The van der Waals surface area contributed by atoms with Gasteiger partial charge in [0.2, 0.25) is 0 Å². The van der Waals surface area contributed by atoms with Crippen LogP contribution in [0.1, 0.15) is 12.0 Å². The Labute approximate surface area is 136 Å². The van der Waals surface area contributed by atoms with Crippen LogP contribution in [0.3, 0.4) is 0 Å². The molecule has 0 aliphatic carbocycles. The Morgan fingerprint density at radius 1 is 1.00 bits per heavy atom. The Kier molecular flexibility index (Phi) is 3.56. The molecule has 1 aromatic heterocycles. The van der Waals surface area contributed by atoms with Crippen LogP contribution < -0.4 is 15.5 Å². The number of nitrogens with one attached hydrogen (secondary N) is 2. The van der Waals surface area contributed by atoms with E-state index in [1.54, 1.807) is 6.07 Å². The van der Waals surface area contributed by atoms with E-state index in [1.165, 1.54) is 18.6 Å². The number of anilines is 3. The topological polar surface area (TPSA) is 53.1 Å². The van der Waals surface area contributed by atoms with Crippen LogP contribution in [0.4, 0.5) is 30.5 Å². The average Bonchev–Trinajstić information content (AvgIpc) is 2.55. The van der Waals surface area contributed by atoms with E-state index in [9.17, 15) is 13.2 Å². The lowest BCUT2D eigenvalue weighted by atomic mass is 9.91. The van der Waals surface area contributed by atoms with Gasteiger partial charge in [-0.05, 0) is 42.8 Å². The summed E-state index contributed by atoms with van der Waals surface area (Å²) in [7, 11) is 0. The van der Waals surface area contributed by atoms with Gasteiger partial charge in [-0.25, -0.2) is 0 Å². The van der Waals surface area contributed by atoms with E-state index in [0.29, 0.717) is 23.6 Å². The van der Waals surface area contributed by atoms with E-state index in [1.807, 2.05) is 6.07 Å². The van der Waals surface area contributed by atoms with E-state index < -0.39 is 11.7 Å². The number of aromatic nitrogens is 2. The Hall–Kier alpha value is -2.35. The zero-order valence-electron chi connectivity index (χ0n) is 12.7. The van der Waals surface area contributed by atoms with Crippen LogP contribution in [0.25, 0.3) is 0 Å². The summed E-state index contributed by atoms with van der Waals surface area (Å²) >= 11 is 0. The maximum absolute atomic E-state index is 12.5. The van der Waals surface area contributed by atoms with Gasteiger partial charge in [0.25, 0.3) is 0 Å². The van der Waals surface area contributed by atoms with Crippen molar-refractivity contribution in [2.45, 2.75) is 24.7 Å². The standard InChI is InChI=1S/C16H16F3N5/c17-16(18,19)10-1-3-11(4-2-10)21-14-5-6-15(23-22-14)24-8-12-7-13(9-24)20-12/h1-6,12-13,20H,7-9H2,(H,21,22). The molecule has 3 fully saturated rings. The largest absolute Gasteiger partial charge is 0.416 e. The summed E-state index contributed by atoms with van der Waals surface area (Å²) in [6.45, 7) is 1.85. The summed E-state index contributed by atoms with van der Waals surface area (Å²) in [5.41, 5.74) is -0.139. The number of piperazine rings is 1. The molecule has 2 atom stereocenters. The molecule has 24 heavy (non-hydrogen) atoms. The average molecular weight is 335 g/mol. The zero-order valence-corrected chi connectivity index (χ0v) is 12.7. The van der Waals surface area contributed by atoms with Crippen LogP contribution in [0.15, 0.2) is 36.4 Å². The van der Waals surface area contributed by atoms with E-state index in [-0.39, 0.29) is 0 Å². The molecule has 3 aliphatic heterocycles. The normalized spacial score (nSPS) is 22.9. The number of fused-ring (bicyclic) bond motifs is 2. The van der Waals surface area contributed by atoms with Crippen LogP contribution >= 0.6 is 0 Å². The lowest BCUT2D eigenvalue weighted by Crippen LogP contribution is -2.67. The number of benzene rings is 1. The van der Waals surface area contributed by atoms with Crippen molar-refractivity contribution < 1.29 is 13.2 Å². The van der Waals surface area contributed by atoms with Crippen LogP contribution in [0.2, 0.25) is 0 Å². The predicted octanol–water partition coefficient (Wildman–Crippen LogP) is 2.79. The molecule has 0 saturated carbocycles. The molecule has 2 aromatic rings. The molecule has 0 radical (unpaired) electrons. The van der Waals surface area contributed by atoms with Gasteiger partial charge in [0.1, 0.15) is 0 Å². The van der Waals surface area contributed by atoms with Gasteiger partial charge in [0.05, 0.1) is 5.56 Å². The lowest BCUT2D eigenvalue weighted by molar-refractivity contribution is -0.137. The molecule has 0 spiro atoms. The summed E-state index contributed by atoms with van der Waals surface area (Å²) in [5.74, 6) is 1.32. The molecule has 8 heteroatoms. The highest BCUT2D eigenvalue weighted by Gasteiger charge is 2.36. The van der Waals surface area contributed by atoms with Crippen molar-refractivity contribution in [2.24, 2.45) is 0 Å². The molecule has 4 heterocycles. The number of piperidine rings is 1. The number of halogens is 3. The predicted molar refractivity (Wildman–Crippen MR) is 84.3 cm³/mol. The Bertz CT molecular complexity index is 698. The summed E-state index contributed by atoms with van der Waals surface area (Å²) < 4.78 is 37.6. The fourth-order valence-electron chi connectivity index (χ4n) is 3.15. The summed E-state index contributed by atoms with van der Waals surface area (Å²) in [5, 5.41) is 14.7. The first kappa shape index (κ1) is 15.2. The van der Waals surface area contributed by atoms with E-state index in [0.717, 1.165) is 31.0 Å². The molecule has 126 valence electrons. The Morgan fingerprint density at radius 3 is 2.21 bits per heavy atom. The van der Waals surface area contributed by atoms with Gasteiger partial charge in [-0.1, -0.05) is 0 Å². The van der Waals surface area contributed by atoms with Crippen molar-refractivity contribution >= 4 is 17.3 Å². The minimum absolute atomic E-state index is 0.499. The van der Waals surface area contributed by atoms with Crippen molar-refractivity contribution in [3.63, 3.8) is 0 Å². The first-order chi connectivity index (χ1) is 11.5. The minimum Gasteiger partial charge on any atom is -0.352 e. The Morgan fingerprint density at radius 2 is 1.67 bits per heavy atom. The third-order valence-electron chi connectivity index (χ3n) is 4.38. The number of alkyl halides is 3. The van der Waals surface area contributed by atoms with Crippen molar-refractivity contribution in [1.82, 2.24) is 15.5 Å². The van der Waals surface area contributed by atoms with Gasteiger partial charge in [-0.15, -0.1) is 10.2 Å². The van der Waals surface area contributed by atoms with Gasteiger partial charge < -0.3 is 15.5 Å². The van der Waals surface area contributed by atoms with E-state index in [2.05, 4.69) is 25.7 Å². The van der Waals surface area contributed by atoms with Gasteiger partial charge >= 0.3 is 6.18 Å². The smallest absolute Gasteiger partial charge is 0.352 e. The molecule has 2 unspecified atom stereocenters. The monoisotopic (exact) mass is 335 g/mol. The van der Waals surface area contributed by atoms with E-state index in [4.69, 9.17) is 0 Å². The maximum Gasteiger partial charge on any atom is 0.416 e. The third kappa shape index (κ3) is 3.01. The molecule has 3 aliphatic rings. The zero-order chi connectivity index (χ0) is 16.7. The molecule has 2 bridgehead atoms. The lowest BCUT2D eigenvalue weighted by Gasteiger charge is -2.48. The highest BCUT2D eigenvalue weighted by molar-refractivity contribution is 5.57. The molecule has 3 saturated heterocycles. The van der Waals surface area contributed by atoms with Crippen molar-refractivity contribution in [3.05, 3.63) is 42.0 Å². The fraction of sp³-hybridized carbons (Fsp3) is 0.375. The van der Waals surface area contributed by atoms with E-state index >= 15 is 0 Å². The third-order valence-corrected chi connectivity index (χ3v) is 4.38. The molecular weight excluding hydrogens is 319 g/mol. The van der Waals surface area contributed by atoms with Gasteiger partial charge in [-0.2, -0.15) is 13.2 Å². The first-order valence-electron chi connectivity index (χ1n) is 7.76. The second kappa shape index (κ2) is 5.62. The fourth-order valence-corrected chi connectivity index (χ4v) is 3.15. The maximum atomic E-state index is 12.5. The second-order valence-corrected chi connectivity index (χ2v) is 6.18. The van der Waals surface area contributed by atoms with Gasteiger partial charge in [-0.3, -0.25) is 0 Å². The van der Waals surface area contributed by atoms with Crippen LogP contribution in [-0.2, 0) is 6.18 Å². The highest BCUT2D eigenvalue weighted by Crippen LogP contribution is 2.30. The van der Waals surface area contributed by atoms with Crippen LogP contribution in [0, 0.1) is 0 Å². The summed E-state index contributed by atoms with van der Waals surface area (Å²) in [4.78, 5) is 2.20. The number of nitrogens with zero attached hydrogens (tertiary/aromatic N) is 3. The molecule has 2 N–H and O–H groups in total. The highest BCUT2D eigenvalue weighted by atomic mass is 19.4. The minimum atomic E-state index is -4.33. The number of rotatable bonds is 3. The number of hydrogen-bond donors (Lipinski definition) is 2. The van der Waals surface area contributed by atoms with Crippen LogP contribution in [0.5, 0.6) is 0 Å². The molecule has 0 amide bonds. The van der Waals surface area contributed by atoms with Crippen molar-refractivity contribution in [1.29, 1.82) is 0 Å². The van der Waals surface area contributed by atoms with Crippen LogP contribution in [-0.4, -0.2) is 35.4 Å². The first-order valence-corrected chi connectivity index (χ1v) is 7.76. The molecule has 5 rings (SSSR count). The van der Waals surface area contributed by atoms with Gasteiger partial charge in [0.15, 0.2) is 11.6 Å². The quantitative estimate of drug-likeness (QED) is 0.903. The van der Waals surface area contributed by atoms with Crippen molar-refractivity contribution in [2.75, 3.05) is 23.3 Å².